The zero-order chi connectivity index (χ0) is 14.8. The molecule has 0 bridgehead atoms. The number of hydrogen-bond donors (Lipinski definition) is 1. The number of aromatic nitrogens is 4. The van der Waals surface area contributed by atoms with Crippen LogP contribution in [0.5, 0.6) is 0 Å². The summed E-state index contributed by atoms with van der Waals surface area (Å²) in [4.78, 5) is 8.53. The second kappa shape index (κ2) is 5.61. The summed E-state index contributed by atoms with van der Waals surface area (Å²) in [7, 11) is 0. The van der Waals surface area contributed by atoms with Gasteiger partial charge in [0.05, 0.1) is 11.6 Å². The molecule has 0 fully saturated rings. The van der Waals surface area contributed by atoms with Crippen LogP contribution < -0.4 is 0 Å². The van der Waals surface area contributed by atoms with Crippen molar-refractivity contribution in [2.45, 2.75) is 32.4 Å². The van der Waals surface area contributed by atoms with E-state index in [0.29, 0.717) is 6.42 Å². The normalized spacial score (nSPS) is 13.0. The van der Waals surface area contributed by atoms with E-state index in [2.05, 4.69) is 15.1 Å². The molecule has 3 aromatic rings. The summed E-state index contributed by atoms with van der Waals surface area (Å²) in [5, 5.41) is 15.7. The topological polar surface area (TPSA) is 63.8 Å². The SMILES string of the molecule is CC(C)n1ncnc1CC(O)c1ccc2ncccc2c1. The molecule has 108 valence electrons. The van der Waals surface area contributed by atoms with E-state index in [4.69, 9.17) is 0 Å². The lowest BCUT2D eigenvalue weighted by Crippen LogP contribution is -2.12. The largest absolute Gasteiger partial charge is 0.388 e. The molecule has 0 saturated carbocycles. The van der Waals surface area contributed by atoms with Gasteiger partial charge in [0, 0.05) is 24.0 Å². The van der Waals surface area contributed by atoms with Crippen LogP contribution in [0.4, 0.5) is 0 Å². The lowest BCUT2D eigenvalue weighted by atomic mass is 10.0. The van der Waals surface area contributed by atoms with Crippen molar-refractivity contribution in [2.24, 2.45) is 0 Å². The van der Waals surface area contributed by atoms with Crippen LogP contribution in [-0.2, 0) is 6.42 Å². The highest BCUT2D eigenvalue weighted by Crippen LogP contribution is 2.22. The number of hydrogen-bond acceptors (Lipinski definition) is 4. The van der Waals surface area contributed by atoms with Gasteiger partial charge in [-0.15, -0.1) is 0 Å². The molecule has 2 aromatic heterocycles. The first kappa shape index (κ1) is 13.7. The third-order valence-electron chi connectivity index (χ3n) is 3.52. The summed E-state index contributed by atoms with van der Waals surface area (Å²) in [6.45, 7) is 4.10. The highest BCUT2D eigenvalue weighted by molar-refractivity contribution is 5.79. The van der Waals surface area contributed by atoms with E-state index >= 15 is 0 Å². The second-order valence-corrected chi connectivity index (χ2v) is 5.39. The van der Waals surface area contributed by atoms with Crippen LogP contribution in [0.2, 0.25) is 0 Å². The molecule has 0 aliphatic rings. The Kier molecular flexibility index (Phi) is 3.66. The minimum atomic E-state index is -0.601. The predicted octanol–water partition coefficient (Wildman–Crippen LogP) is 2.68. The average molecular weight is 282 g/mol. The van der Waals surface area contributed by atoms with Crippen LogP contribution in [0.3, 0.4) is 0 Å². The summed E-state index contributed by atoms with van der Waals surface area (Å²) in [6, 6.07) is 9.94. The molecule has 0 aliphatic heterocycles. The highest BCUT2D eigenvalue weighted by atomic mass is 16.3. The molecule has 2 heterocycles. The Bertz CT molecular complexity index is 751. The fourth-order valence-corrected chi connectivity index (χ4v) is 2.44. The zero-order valence-corrected chi connectivity index (χ0v) is 12.1. The maximum Gasteiger partial charge on any atom is 0.138 e. The summed E-state index contributed by atoms with van der Waals surface area (Å²) in [5.74, 6) is 0.795. The number of nitrogens with zero attached hydrogens (tertiary/aromatic N) is 4. The lowest BCUT2D eigenvalue weighted by Gasteiger charge is -2.14. The fraction of sp³-hybridized carbons (Fsp3) is 0.312. The van der Waals surface area contributed by atoms with Gasteiger partial charge in [0.2, 0.25) is 0 Å². The Hall–Kier alpha value is -2.27. The van der Waals surface area contributed by atoms with Crippen molar-refractivity contribution in [1.29, 1.82) is 0 Å². The van der Waals surface area contributed by atoms with Crippen molar-refractivity contribution in [2.75, 3.05) is 0 Å². The van der Waals surface area contributed by atoms with Crippen molar-refractivity contribution in [3.05, 3.63) is 54.2 Å². The van der Waals surface area contributed by atoms with E-state index in [0.717, 1.165) is 22.3 Å². The third-order valence-corrected chi connectivity index (χ3v) is 3.52. The summed E-state index contributed by atoms with van der Waals surface area (Å²) >= 11 is 0. The molecule has 1 unspecified atom stereocenters. The van der Waals surface area contributed by atoms with Gasteiger partial charge in [-0.05, 0) is 37.6 Å². The van der Waals surface area contributed by atoms with Gasteiger partial charge in [0.1, 0.15) is 12.2 Å². The van der Waals surface area contributed by atoms with E-state index in [1.165, 1.54) is 6.33 Å². The van der Waals surface area contributed by atoms with E-state index in [1.807, 2.05) is 48.9 Å². The molecule has 0 amide bonds. The van der Waals surface area contributed by atoms with Crippen LogP contribution >= 0.6 is 0 Å². The molecule has 1 N–H and O–H groups in total. The molecular formula is C16H18N4O. The number of rotatable bonds is 4. The van der Waals surface area contributed by atoms with Crippen LogP contribution in [-0.4, -0.2) is 24.9 Å². The van der Waals surface area contributed by atoms with E-state index < -0.39 is 6.10 Å². The van der Waals surface area contributed by atoms with Crippen molar-refractivity contribution >= 4 is 10.9 Å². The first-order valence-electron chi connectivity index (χ1n) is 7.06. The average Bonchev–Trinajstić information content (AvgIpc) is 2.95. The van der Waals surface area contributed by atoms with Gasteiger partial charge >= 0.3 is 0 Å². The van der Waals surface area contributed by atoms with Crippen molar-refractivity contribution in [3.63, 3.8) is 0 Å². The van der Waals surface area contributed by atoms with Gasteiger partial charge in [-0.2, -0.15) is 5.10 Å². The van der Waals surface area contributed by atoms with Crippen LogP contribution in [0.15, 0.2) is 42.9 Å². The highest BCUT2D eigenvalue weighted by Gasteiger charge is 2.15. The standard InChI is InChI=1S/C16H18N4O/c1-11(2)20-16(18-10-19-20)9-15(21)13-5-6-14-12(8-13)4-3-7-17-14/h3-8,10-11,15,21H,9H2,1-2H3. The summed E-state index contributed by atoms with van der Waals surface area (Å²) in [6.07, 6.45) is 3.15. The van der Waals surface area contributed by atoms with Crippen LogP contribution in [0, 0.1) is 0 Å². The van der Waals surface area contributed by atoms with Gasteiger partial charge in [0.25, 0.3) is 0 Å². The quantitative estimate of drug-likeness (QED) is 0.799. The van der Waals surface area contributed by atoms with Gasteiger partial charge in [-0.25, -0.2) is 9.67 Å². The monoisotopic (exact) mass is 282 g/mol. The molecule has 0 radical (unpaired) electrons. The molecular weight excluding hydrogens is 264 g/mol. The van der Waals surface area contributed by atoms with Gasteiger partial charge in [-0.1, -0.05) is 12.1 Å². The molecule has 1 aromatic carbocycles. The Labute approximate surface area is 123 Å². The van der Waals surface area contributed by atoms with E-state index in [1.54, 1.807) is 6.20 Å². The lowest BCUT2D eigenvalue weighted by molar-refractivity contribution is 0.173. The number of benzene rings is 1. The maximum absolute atomic E-state index is 10.5. The number of fused-ring (bicyclic) bond motifs is 1. The Morgan fingerprint density at radius 1 is 1.19 bits per heavy atom. The molecule has 5 nitrogen and oxygen atoms in total. The number of aliphatic hydroxyl groups excluding tert-OH is 1. The molecule has 21 heavy (non-hydrogen) atoms. The second-order valence-electron chi connectivity index (χ2n) is 5.39. The summed E-state index contributed by atoms with van der Waals surface area (Å²) in [5.41, 5.74) is 1.80. The van der Waals surface area contributed by atoms with Crippen molar-refractivity contribution < 1.29 is 5.11 Å². The Morgan fingerprint density at radius 2 is 2.05 bits per heavy atom. The van der Waals surface area contributed by atoms with Gasteiger partial charge < -0.3 is 5.11 Å². The van der Waals surface area contributed by atoms with Crippen LogP contribution in [0.1, 0.15) is 37.4 Å². The molecule has 3 rings (SSSR count). The Balaban J connectivity index is 1.86. The number of aliphatic hydroxyl groups is 1. The first-order chi connectivity index (χ1) is 10.1. The maximum atomic E-state index is 10.5. The Morgan fingerprint density at radius 3 is 2.86 bits per heavy atom. The van der Waals surface area contributed by atoms with E-state index in [9.17, 15) is 5.11 Å². The smallest absolute Gasteiger partial charge is 0.138 e. The van der Waals surface area contributed by atoms with E-state index in [-0.39, 0.29) is 6.04 Å². The molecule has 0 spiro atoms. The minimum absolute atomic E-state index is 0.232. The summed E-state index contributed by atoms with van der Waals surface area (Å²) < 4.78 is 1.84. The van der Waals surface area contributed by atoms with Gasteiger partial charge in [0.15, 0.2) is 0 Å². The fourth-order valence-electron chi connectivity index (χ4n) is 2.44. The number of pyridine rings is 1. The molecule has 0 saturated heterocycles. The molecule has 1 atom stereocenters. The van der Waals surface area contributed by atoms with Crippen LogP contribution in [0.25, 0.3) is 10.9 Å². The first-order valence-corrected chi connectivity index (χ1v) is 7.06. The van der Waals surface area contributed by atoms with Crippen molar-refractivity contribution in [3.8, 4) is 0 Å². The van der Waals surface area contributed by atoms with Gasteiger partial charge in [-0.3, -0.25) is 4.98 Å². The third kappa shape index (κ3) is 2.78. The zero-order valence-electron chi connectivity index (χ0n) is 12.1. The molecule has 5 heteroatoms. The minimum Gasteiger partial charge on any atom is -0.388 e. The predicted molar refractivity (Wildman–Crippen MR) is 80.8 cm³/mol. The molecule has 0 aliphatic carbocycles. The van der Waals surface area contributed by atoms with Crippen molar-refractivity contribution in [1.82, 2.24) is 19.7 Å².